The summed E-state index contributed by atoms with van der Waals surface area (Å²) in [5.74, 6) is 0. The zero-order chi connectivity index (χ0) is 13.1. The number of nitrogens with zero attached hydrogens (tertiary/aromatic N) is 1. The summed E-state index contributed by atoms with van der Waals surface area (Å²) < 4.78 is 5.27. The Kier molecular flexibility index (Phi) is 4.80. The van der Waals surface area contributed by atoms with Crippen LogP contribution in [0.2, 0.25) is 0 Å². The van der Waals surface area contributed by atoms with E-state index in [1.165, 1.54) is 0 Å². The highest BCUT2D eigenvalue weighted by Gasteiger charge is 2.24. The molecule has 1 saturated heterocycles. The molecule has 1 aliphatic heterocycles. The fraction of sp³-hybridized carbons (Fsp3) is 0.923. The van der Waals surface area contributed by atoms with Crippen LogP contribution in [0.25, 0.3) is 0 Å². The fourth-order valence-electron chi connectivity index (χ4n) is 2.07. The Balaban J connectivity index is 2.38. The summed E-state index contributed by atoms with van der Waals surface area (Å²) in [7, 11) is 0. The molecule has 17 heavy (non-hydrogen) atoms. The molecule has 0 radical (unpaired) electrons. The number of ether oxygens (including phenoxy) is 1. The number of piperidine rings is 1. The Morgan fingerprint density at radius 1 is 1.41 bits per heavy atom. The molecule has 1 fully saturated rings. The highest BCUT2D eigenvalue weighted by atomic mass is 16.6. The van der Waals surface area contributed by atoms with Gasteiger partial charge in [-0.25, -0.2) is 4.79 Å². The molecule has 0 saturated carbocycles. The number of hydrogen-bond donors (Lipinski definition) is 1. The highest BCUT2D eigenvalue weighted by Crippen LogP contribution is 2.14. The standard InChI is InChI=1S/C13H26N2O2/c1-10(2)15-8-6-7-11(9-15)14-12(16)17-13(3,4)5/h10-11H,6-9H2,1-5H3,(H,14,16)/t11-/m0/s1. The fourth-order valence-corrected chi connectivity index (χ4v) is 2.07. The molecule has 1 amide bonds. The van der Waals surface area contributed by atoms with Crippen LogP contribution in [-0.2, 0) is 4.74 Å². The van der Waals surface area contributed by atoms with E-state index in [4.69, 9.17) is 4.74 Å². The van der Waals surface area contributed by atoms with Crippen molar-refractivity contribution in [3.8, 4) is 0 Å². The maximum atomic E-state index is 11.7. The van der Waals surface area contributed by atoms with Crippen LogP contribution in [-0.4, -0.2) is 41.8 Å². The minimum atomic E-state index is -0.420. The molecule has 0 aromatic carbocycles. The van der Waals surface area contributed by atoms with Crippen LogP contribution in [0.4, 0.5) is 4.79 Å². The number of hydrogen-bond acceptors (Lipinski definition) is 3. The monoisotopic (exact) mass is 242 g/mol. The summed E-state index contributed by atoms with van der Waals surface area (Å²) in [4.78, 5) is 14.0. The van der Waals surface area contributed by atoms with Crippen molar-refractivity contribution < 1.29 is 9.53 Å². The molecule has 1 aliphatic rings. The molecule has 0 aromatic heterocycles. The lowest BCUT2D eigenvalue weighted by Crippen LogP contribution is -2.50. The normalized spacial score (nSPS) is 22.6. The molecule has 4 heteroatoms. The third-order valence-electron chi connectivity index (χ3n) is 2.90. The van der Waals surface area contributed by atoms with Gasteiger partial charge in [0.1, 0.15) is 5.60 Å². The van der Waals surface area contributed by atoms with E-state index in [1.807, 2.05) is 20.8 Å². The van der Waals surface area contributed by atoms with Gasteiger partial charge in [0.05, 0.1) is 0 Å². The number of carbonyl (C=O) groups is 1. The minimum absolute atomic E-state index is 0.223. The second-order valence-electron chi connectivity index (χ2n) is 6.07. The van der Waals surface area contributed by atoms with Gasteiger partial charge in [0.15, 0.2) is 0 Å². The predicted octanol–water partition coefficient (Wildman–Crippen LogP) is 2.38. The van der Waals surface area contributed by atoms with Crippen molar-refractivity contribution in [2.45, 2.75) is 65.1 Å². The molecule has 0 spiro atoms. The molecule has 100 valence electrons. The maximum absolute atomic E-state index is 11.7. The largest absolute Gasteiger partial charge is 0.444 e. The van der Waals surface area contributed by atoms with E-state index in [2.05, 4.69) is 24.1 Å². The van der Waals surface area contributed by atoms with E-state index in [9.17, 15) is 4.79 Å². The van der Waals surface area contributed by atoms with Gasteiger partial charge in [0.2, 0.25) is 0 Å². The lowest BCUT2D eigenvalue weighted by atomic mass is 10.0. The van der Waals surface area contributed by atoms with Crippen molar-refractivity contribution in [1.29, 1.82) is 0 Å². The zero-order valence-electron chi connectivity index (χ0n) is 11.7. The third kappa shape index (κ3) is 5.39. The van der Waals surface area contributed by atoms with E-state index in [1.54, 1.807) is 0 Å². The van der Waals surface area contributed by atoms with Crippen molar-refractivity contribution in [1.82, 2.24) is 10.2 Å². The summed E-state index contributed by atoms with van der Waals surface area (Å²) in [6.07, 6.45) is 1.88. The van der Waals surface area contributed by atoms with Gasteiger partial charge < -0.3 is 10.1 Å². The zero-order valence-corrected chi connectivity index (χ0v) is 11.7. The van der Waals surface area contributed by atoms with E-state index < -0.39 is 5.60 Å². The first kappa shape index (κ1) is 14.3. The van der Waals surface area contributed by atoms with Crippen molar-refractivity contribution >= 4 is 6.09 Å². The Morgan fingerprint density at radius 3 is 2.59 bits per heavy atom. The first-order valence-electron chi connectivity index (χ1n) is 6.51. The second kappa shape index (κ2) is 5.71. The third-order valence-corrected chi connectivity index (χ3v) is 2.90. The van der Waals surface area contributed by atoms with Crippen molar-refractivity contribution in [2.75, 3.05) is 13.1 Å². The van der Waals surface area contributed by atoms with Gasteiger partial charge in [-0.05, 0) is 54.0 Å². The van der Waals surface area contributed by atoms with E-state index >= 15 is 0 Å². The molecular formula is C13H26N2O2. The van der Waals surface area contributed by atoms with Gasteiger partial charge in [-0.15, -0.1) is 0 Å². The molecular weight excluding hydrogens is 216 g/mol. The summed E-state index contributed by atoms with van der Waals surface area (Å²) in [5.41, 5.74) is -0.420. The average Bonchev–Trinajstić information content (AvgIpc) is 2.14. The van der Waals surface area contributed by atoms with Gasteiger partial charge in [-0.2, -0.15) is 0 Å². The van der Waals surface area contributed by atoms with Crippen LogP contribution < -0.4 is 5.32 Å². The Labute approximate surface area is 105 Å². The lowest BCUT2D eigenvalue weighted by molar-refractivity contribution is 0.0461. The van der Waals surface area contributed by atoms with Crippen molar-refractivity contribution in [3.05, 3.63) is 0 Å². The molecule has 1 heterocycles. The van der Waals surface area contributed by atoms with Crippen LogP contribution in [0.3, 0.4) is 0 Å². The molecule has 0 unspecified atom stereocenters. The number of amides is 1. The molecule has 0 bridgehead atoms. The van der Waals surface area contributed by atoms with E-state index in [-0.39, 0.29) is 12.1 Å². The van der Waals surface area contributed by atoms with Gasteiger partial charge in [0.25, 0.3) is 0 Å². The summed E-state index contributed by atoms with van der Waals surface area (Å²) in [5, 5.41) is 2.96. The molecule has 1 atom stereocenters. The number of likely N-dealkylation sites (tertiary alicyclic amines) is 1. The van der Waals surface area contributed by atoms with Gasteiger partial charge in [-0.1, -0.05) is 0 Å². The topological polar surface area (TPSA) is 41.6 Å². The SMILES string of the molecule is CC(C)N1CCC[C@H](NC(=O)OC(C)(C)C)C1. The minimum Gasteiger partial charge on any atom is -0.444 e. The average molecular weight is 242 g/mol. The number of nitrogens with one attached hydrogen (secondary N) is 1. The summed E-state index contributed by atoms with van der Waals surface area (Å²) >= 11 is 0. The molecule has 1 N–H and O–H groups in total. The molecule has 1 rings (SSSR count). The maximum Gasteiger partial charge on any atom is 0.407 e. The number of carbonyl (C=O) groups excluding carboxylic acids is 1. The lowest BCUT2D eigenvalue weighted by Gasteiger charge is -2.35. The summed E-state index contributed by atoms with van der Waals surface area (Å²) in [6.45, 7) is 12.1. The van der Waals surface area contributed by atoms with Gasteiger partial charge >= 0.3 is 6.09 Å². The van der Waals surface area contributed by atoms with Crippen LogP contribution in [0.5, 0.6) is 0 Å². The molecule has 4 nitrogen and oxygen atoms in total. The second-order valence-corrected chi connectivity index (χ2v) is 6.07. The Bertz CT molecular complexity index is 259. The van der Waals surface area contributed by atoms with Crippen LogP contribution in [0, 0.1) is 0 Å². The van der Waals surface area contributed by atoms with Crippen LogP contribution >= 0.6 is 0 Å². The number of alkyl carbamates (subject to hydrolysis) is 1. The Morgan fingerprint density at radius 2 is 2.06 bits per heavy atom. The van der Waals surface area contributed by atoms with Crippen LogP contribution in [0.1, 0.15) is 47.5 Å². The van der Waals surface area contributed by atoms with E-state index in [0.717, 1.165) is 25.9 Å². The molecule has 0 aliphatic carbocycles. The van der Waals surface area contributed by atoms with Gasteiger partial charge in [-0.3, -0.25) is 4.90 Å². The first-order valence-corrected chi connectivity index (χ1v) is 6.51. The van der Waals surface area contributed by atoms with Crippen LogP contribution in [0.15, 0.2) is 0 Å². The van der Waals surface area contributed by atoms with Crippen molar-refractivity contribution in [3.63, 3.8) is 0 Å². The summed E-state index contributed by atoms with van der Waals surface area (Å²) in [6, 6.07) is 0.763. The smallest absolute Gasteiger partial charge is 0.407 e. The molecule has 0 aromatic rings. The first-order chi connectivity index (χ1) is 7.78. The predicted molar refractivity (Wildman–Crippen MR) is 69.1 cm³/mol. The number of rotatable bonds is 2. The Hall–Kier alpha value is -0.770. The van der Waals surface area contributed by atoms with Gasteiger partial charge in [0, 0.05) is 18.6 Å². The highest BCUT2D eigenvalue weighted by molar-refractivity contribution is 5.68. The quantitative estimate of drug-likeness (QED) is 0.808. The van der Waals surface area contributed by atoms with E-state index in [0.29, 0.717) is 6.04 Å². The van der Waals surface area contributed by atoms with Crippen molar-refractivity contribution in [2.24, 2.45) is 0 Å².